The predicted octanol–water partition coefficient (Wildman–Crippen LogP) is 3.04. The van der Waals surface area contributed by atoms with Crippen molar-refractivity contribution < 1.29 is 4.39 Å². The second-order valence-corrected chi connectivity index (χ2v) is 4.29. The van der Waals surface area contributed by atoms with E-state index in [1.165, 1.54) is 16.7 Å². The van der Waals surface area contributed by atoms with Crippen molar-refractivity contribution in [3.8, 4) is 16.9 Å². The number of halogens is 1. The molecule has 3 rings (SSSR count). The summed E-state index contributed by atoms with van der Waals surface area (Å²) in [6.45, 7) is 0. The van der Waals surface area contributed by atoms with Crippen molar-refractivity contribution in [2.24, 2.45) is 0 Å². The Balaban J connectivity index is 2.15. The molecule has 0 atom stereocenters. The molecule has 3 nitrogen and oxygen atoms in total. The maximum absolute atomic E-state index is 13.0. The molecule has 0 saturated carbocycles. The van der Waals surface area contributed by atoms with E-state index in [-0.39, 0.29) is 11.4 Å². The highest BCUT2D eigenvalue weighted by molar-refractivity contribution is 5.62. The molecule has 0 saturated heterocycles. The first kappa shape index (κ1) is 12.3. The Bertz CT molecular complexity index is 780. The minimum absolute atomic E-state index is 0.183. The molecule has 3 aromatic rings. The normalized spacial score (nSPS) is 10.4. The van der Waals surface area contributed by atoms with Gasteiger partial charge in [0.05, 0.1) is 0 Å². The first-order valence-electron chi connectivity index (χ1n) is 6.15. The SMILES string of the molecule is O=c1c(-c2ccc(F)cc2)cccn1-c1ccccn1. The quantitative estimate of drug-likeness (QED) is 0.714. The molecule has 2 heterocycles. The number of hydrogen-bond donors (Lipinski definition) is 0. The van der Waals surface area contributed by atoms with Crippen LogP contribution in [0.4, 0.5) is 4.39 Å². The number of nitrogens with zero attached hydrogens (tertiary/aromatic N) is 2. The lowest BCUT2D eigenvalue weighted by Crippen LogP contribution is -2.19. The first-order valence-corrected chi connectivity index (χ1v) is 6.15. The van der Waals surface area contributed by atoms with Crippen LogP contribution in [0.3, 0.4) is 0 Å². The molecule has 0 radical (unpaired) electrons. The lowest BCUT2D eigenvalue weighted by atomic mass is 10.1. The van der Waals surface area contributed by atoms with Gasteiger partial charge in [-0.05, 0) is 42.0 Å². The summed E-state index contributed by atoms with van der Waals surface area (Å²) in [6, 6.07) is 14.7. The molecular weight excluding hydrogens is 255 g/mol. The Kier molecular flexibility index (Phi) is 3.13. The van der Waals surface area contributed by atoms with Gasteiger partial charge in [-0.15, -0.1) is 0 Å². The summed E-state index contributed by atoms with van der Waals surface area (Å²) >= 11 is 0. The van der Waals surface area contributed by atoms with Crippen LogP contribution in [-0.4, -0.2) is 9.55 Å². The van der Waals surface area contributed by atoms with Crippen LogP contribution in [0.25, 0.3) is 16.9 Å². The molecule has 20 heavy (non-hydrogen) atoms. The van der Waals surface area contributed by atoms with Gasteiger partial charge in [0.1, 0.15) is 11.6 Å². The van der Waals surface area contributed by atoms with Crippen molar-refractivity contribution in [1.29, 1.82) is 0 Å². The van der Waals surface area contributed by atoms with Crippen LogP contribution in [0, 0.1) is 5.82 Å². The van der Waals surface area contributed by atoms with E-state index in [4.69, 9.17) is 0 Å². The number of pyridine rings is 2. The van der Waals surface area contributed by atoms with Crippen molar-refractivity contribution in [1.82, 2.24) is 9.55 Å². The second kappa shape index (κ2) is 5.09. The largest absolute Gasteiger partial charge is 0.268 e. The van der Waals surface area contributed by atoms with E-state index in [1.54, 1.807) is 48.8 Å². The molecule has 0 aliphatic carbocycles. The van der Waals surface area contributed by atoms with Crippen LogP contribution in [-0.2, 0) is 0 Å². The molecule has 2 aromatic heterocycles. The molecule has 4 heteroatoms. The van der Waals surface area contributed by atoms with E-state index in [0.717, 1.165) is 0 Å². The average molecular weight is 266 g/mol. The summed E-state index contributed by atoms with van der Waals surface area (Å²) in [5, 5.41) is 0. The Labute approximate surface area is 115 Å². The van der Waals surface area contributed by atoms with Gasteiger partial charge in [-0.25, -0.2) is 9.37 Å². The van der Waals surface area contributed by atoms with Crippen LogP contribution in [0.5, 0.6) is 0 Å². The lowest BCUT2D eigenvalue weighted by molar-refractivity contribution is 0.628. The smallest absolute Gasteiger partial charge is 0.264 e. The Morgan fingerprint density at radius 3 is 2.45 bits per heavy atom. The van der Waals surface area contributed by atoms with Gasteiger partial charge in [-0.3, -0.25) is 9.36 Å². The highest BCUT2D eigenvalue weighted by atomic mass is 19.1. The van der Waals surface area contributed by atoms with E-state index in [1.807, 2.05) is 6.07 Å². The summed E-state index contributed by atoms with van der Waals surface area (Å²) in [4.78, 5) is 16.6. The molecule has 0 N–H and O–H groups in total. The Hall–Kier alpha value is -2.75. The third kappa shape index (κ3) is 2.23. The van der Waals surface area contributed by atoms with Gasteiger partial charge in [0.2, 0.25) is 0 Å². The molecular formula is C16H11FN2O. The van der Waals surface area contributed by atoms with Crippen molar-refractivity contribution >= 4 is 0 Å². The number of aromatic nitrogens is 2. The van der Waals surface area contributed by atoms with Gasteiger partial charge in [-0.1, -0.05) is 18.2 Å². The maximum Gasteiger partial charge on any atom is 0.264 e. The molecule has 0 aliphatic rings. The Morgan fingerprint density at radius 1 is 0.950 bits per heavy atom. The minimum atomic E-state index is -0.324. The van der Waals surface area contributed by atoms with Crippen LogP contribution < -0.4 is 5.56 Å². The fourth-order valence-corrected chi connectivity index (χ4v) is 2.02. The molecule has 0 aliphatic heterocycles. The first-order chi connectivity index (χ1) is 9.75. The molecule has 98 valence electrons. The van der Waals surface area contributed by atoms with Crippen molar-refractivity contribution in [2.45, 2.75) is 0 Å². The highest BCUT2D eigenvalue weighted by Crippen LogP contribution is 2.16. The van der Waals surface area contributed by atoms with Crippen LogP contribution >= 0.6 is 0 Å². The molecule has 0 bridgehead atoms. The topological polar surface area (TPSA) is 34.9 Å². The third-order valence-corrected chi connectivity index (χ3v) is 3.00. The van der Waals surface area contributed by atoms with Gasteiger partial charge < -0.3 is 0 Å². The van der Waals surface area contributed by atoms with E-state index in [2.05, 4.69) is 4.98 Å². The zero-order valence-electron chi connectivity index (χ0n) is 10.5. The molecule has 0 fully saturated rings. The van der Waals surface area contributed by atoms with E-state index in [0.29, 0.717) is 16.9 Å². The van der Waals surface area contributed by atoms with Gasteiger partial charge in [0.15, 0.2) is 0 Å². The lowest BCUT2D eigenvalue weighted by Gasteiger charge is -2.07. The summed E-state index contributed by atoms with van der Waals surface area (Å²) < 4.78 is 14.4. The zero-order valence-corrected chi connectivity index (χ0v) is 10.5. The van der Waals surface area contributed by atoms with Crippen LogP contribution in [0.2, 0.25) is 0 Å². The van der Waals surface area contributed by atoms with Gasteiger partial charge in [0.25, 0.3) is 5.56 Å². The van der Waals surface area contributed by atoms with E-state index >= 15 is 0 Å². The molecule has 0 amide bonds. The highest BCUT2D eigenvalue weighted by Gasteiger charge is 2.07. The average Bonchev–Trinajstić information content (AvgIpc) is 2.49. The number of hydrogen-bond acceptors (Lipinski definition) is 2. The van der Waals surface area contributed by atoms with E-state index < -0.39 is 0 Å². The van der Waals surface area contributed by atoms with Gasteiger partial charge in [-0.2, -0.15) is 0 Å². The monoisotopic (exact) mass is 266 g/mol. The summed E-state index contributed by atoms with van der Waals surface area (Å²) in [7, 11) is 0. The number of benzene rings is 1. The third-order valence-electron chi connectivity index (χ3n) is 3.00. The summed E-state index contributed by atoms with van der Waals surface area (Å²) in [5.74, 6) is 0.233. The maximum atomic E-state index is 13.0. The molecule has 1 aromatic carbocycles. The fourth-order valence-electron chi connectivity index (χ4n) is 2.02. The predicted molar refractivity (Wildman–Crippen MR) is 75.2 cm³/mol. The number of rotatable bonds is 2. The molecule has 0 unspecified atom stereocenters. The van der Waals surface area contributed by atoms with Crippen molar-refractivity contribution in [3.63, 3.8) is 0 Å². The van der Waals surface area contributed by atoms with Crippen LogP contribution in [0.1, 0.15) is 0 Å². The summed E-state index contributed by atoms with van der Waals surface area (Å²) in [5.41, 5.74) is 1.01. The minimum Gasteiger partial charge on any atom is -0.268 e. The van der Waals surface area contributed by atoms with Crippen molar-refractivity contribution in [3.05, 3.63) is 83.2 Å². The zero-order chi connectivity index (χ0) is 13.9. The van der Waals surface area contributed by atoms with E-state index in [9.17, 15) is 9.18 Å². The second-order valence-electron chi connectivity index (χ2n) is 4.29. The van der Waals surface area contributed by atoms with Crippen LogP contribution in [0.15, 0.2) is 71.8 Å². The standard InChI is InChI=1S/C16H11FN2O/c17-13-8-6-12(7-9-13)14-4-3-11-19(16(14)20)15-5-1-2-10-18-15/h1-11H. The van der Waals surface area contributed by atoms with Gasteiger partial charge >= 0.3 is 0 Å². The van der Waals surface area contributed by atoms with Gasteiger partial charge in [0, 0.05) is 18.0 Å². The molecule has 0 spiro atoms. The summed E-state index contributed by atoms with van der Waals surface area (Å²) in [6.07, 6.45) is 3.30. The fraction of sp³-hybridized carbons (Fsp3) is 0. The van der Waals surface area contributed by atoms with Crippen molar-refractivity contribution in [2.75, 3.05) is 0 Å². The Morgan fingerprint density at radius 2 is 1.75 bits per heavy atom.